The zero-order valence-electron chi connectivity index (χ0n) is 11.6. The number of nitrogens with zero attached hydrogens (tertiary/aromatic N) is 3. The summed E-state index contributed by atoms with van der Waals surface area (Å²) in [5.74, 6) is 5.09. The molecule has 1 aromatic carbocycles. The van der Waals surface area contributed by atoms with Crippen molar-refractivity contribution in [2.45, 2.75) is 36.9 Å². The van der Waals surface area contributed by atoms with Crippen molar-refractivity contribution < 1.29 is 13.2 Å². The van der Waals surface area contributed by atoms with Crippen LogP contribution >= 0.6 is 11.8 Å². The second-order valence-electron chi connectivity index (χ2n) is 4.86. The lowest BCUT2D eigenvalue weighted by Gasteiger charge is -2.07. The van der Waals surface area contributed by atoms with E-state index >= 15 is 0 Å². The molecule has 0 unspecified atom stereocenters. The molecule has 0 aliphatic carbocycles. The van der Waals surface area contributed by atoms with E-state index in [0.29, 0.717) is 16.3 Å². The summed E-state index contributed by atoms with van der Waals surface area (Å²) in [6.07, 6.45) is -4.60. The van der Waals surface area contributed by atoms with Crippen molar-refractivity contribution in [1.82, 2.24) is 14.9 Å². The van der Waals surface area contributed by atoms with Crippen molar-refractivity contribution in [2.75, 3.05) is 5.84 Å². The third-order valence-corrected chi connectivity index (χ3v) is 3.95. The summed E-state index contributed by atoms with van der Waals surface area (Å²) in [6, 6.07) is 7.91. The first-order chi connectivity index (χ1) is 9.79. The fourth-order valence-electron chi connectivity index (χ4n) is 1.72. The predicted molar refractivity (Wildman–Crippen MR) is 75.3 cm³/mol. The van der Waals surface area contributed by atoms with Crippen LogP contribution in [-0.4, -0.2) is 14.9 Å². The van der Waals surface area contributed by atoms with Gasteiger partial charge in [0, 0.05) is 5.75 Å². The van der Waals surface area contributed by atoms with Crippen LogP contribution in [0.1, 0.15) is 36.7 Å². The number of aromatic nitrogens is 3. The molecule has 2 rings (SSSR count). The molecule has 21 heavy (non-hydrogen) atoms. The lowest BCUT2D eigenvalue weighted by atomic mass is 10.0. The Morgan fingerprint density at radius 1 is 1.19 bits per heavy atom. The Labute approximate surface area is 124 Å². The number of hydrogen-bond acceptors (Lipinski definition) is 4. The molecule has 0 spiro atoms. The zero-order valence-corrected chi connectivity index (χ0v) is 12.4. The van der Waals surface area contributed by atoms with E-state index in [-0.39, 0.29) is 5.16 Å². The molecule has 0 amide bonds. The lowest BCUT2D eigenvalue weighted by Crippen LogP contribution is -2.21. The lowest BCUT2D eigenvalue weighted by molar-refractivity contribution is -0.146. The molecular formula is C13H15F3N4S. The smallest absolute Gasteiger partial charge is 0.335 e. The molecule has 1 aromatic heterocycles. The molecule has 0 aliphatic rings. The van der Waals surface area contributed by atoms with Gasteiger partial charge in [-0.05, 0) is 17.0 Å². The fraction of sp³-hybridized carbons (Fsp3) is 0.385. The third kappa shape index (κ3) is 3.69. The second kappa shape index (κ2) is 5.97. The van der Waals surface area contributed by atoms with Gasteiger partial charge in [0.25, 0.3) is 5.82 Å². The van der Waals surface area contributed by atoms with E-state index in [9.17, 15) is 13.2 Å². The maximum absolute atomic E-state index is 12.5. The van der Waals surface area contributed by atoms with Gasteiger partial charge in [0.05, 0.1) is 0 Å². The summed E-state index contributed by atoms with van der Waals surface area (Å²) in [7, 11) is 0. The van der Waals surface area contributed by atoms with Gasteiger partial charge >= 0.3 is 6.18 Å². The Morgan fingerprint density at radius 3 is 2.29 bits per heavy atom. The minimum absolute atomic E-state index is 0.0373. The molecule has 8 heteroatoms. The van der Waals surface area contributed by atoms with E-state index in [2.05, 4.69) is 24.0 Å². The van der Waals surface area contributed by atoms with E-state index < -0.39 is 12.0 Å². The maximum Gasteiger partial charge on any atom is 0.453 e. The molecule has 2 N–H and O–H groups in total. The van der Waals surface area contributed by atoms with Crippen LogP contribution in [0, 0.1) is 0 Å². The number of halogens is 3. The topological polar surface area (TPSA) is 56.7 Å². The van der Waals surface area contributed by atoms with E-state index in [1.165, 1.54) is 5.56 Å². The highest BCUT2D eigenvalue weighted by atomic mass is 32.2. The van der Waals surface area contributed by atoms with Gasteiger partial charge < -0.3 is 5.84 Å². The van der Waals surface area contributed by atoms with Crippen molar-refractivity contribution in [2.24, 2.45) is 0 Å². The van der Waals surface area contributed by atoms with Gasteiger partial charge in [-0.15, -0.1) is 10.2 Å². The number of hydrogen-bond donors (Lipinski definition) is 1. The first-order valence-corrected chi connectivity index (χ1v) is 7.27. The summed E-state index contributed by atoms with van der Waals surface area (Å²) >= 11 is 1.12. The second-order valence-corrected chi connectivity index (χ2v) is 5.80. The molecule has 4 nitrogen and oxygen atoms in total. The van der Waals surface area contributed by atoms with Gasteiger partial charge in [0.2, 0.25) is 5.16 Å². The monoisotopic (exact) mass is 316 g/mol. The minimum atomic E-state index is -4.60. The van der Waals surface area contributed by atoms with E-state index in [1.807, 2.05) is 24.3 Å². The summed E-state index contributed by atoms with van der Waals surface area (Å²) < 4.78 is 38.1. The molecule has 2 aromatic rings. The molecular weight excluding hydrogens is 301 g/mol. The van der Waals surface area contributed by atoms with Crippen molar-refractivity contribution >= 4 is 11.8 Å². The highest BCUT2D eigenvalue weighted by Gasteiger charge is 2.38. The van der Waals surface area contributed by atoms with Crippen LogP contribution in [0.3, 0.4) is 0 Å². The number of thioether (sulfide) groups is 1. The van der Waals surface area contributed by atoms with Crippen molar-refractivity contribution in [1.29, 1.82) is 0 Å². The van der Waals surface area contributed by atoms with Crippen LogP contribution in [0.15, 0.2) is 29.4 Å². The Hall–Kier alpha value is -1.70. The quantitative estimate of drug-likeness (QED) is 0.693. The molecule has 0 atom stereocenters. The first kappa shape index (κ1) is 15.7. The molecule has 1 heterocycles. The van der Waals surface area contributed by atoms with Crippen LogP contribution in [0.4, 0.5) is 13.2 Å². The van der Waals surface area contributed by atoms with Gasteiger partial charge in [-0.1, -0.05) is 49.9 Å². The number of benzene rings is 1. The van der Waals surface area contributed by atoms with E-state index in [1.54, 1.807) is 0 Å². The molecule has 114 valence electrons. The Bertz CT molecular complexity index is 605. The van der Waals surface area contributed by atoms with Crippen molar-refractivity contribution in [3.63, 3.8) is 0 Å². The van der Waals surface area contributed by atoms with Gasteiger partial charge in [0.15, 0.2) is 0 Å². The average molecular weight is 316 g/mol. The molecule has 0 fully saturated rings. The SMILES string of the molecule is CC(C)c1ccc(CSc2nnc(C(F)(F)F)n2N)cc1. The summed E-state index contributed by atoms with van der Waals surface area (Å²) in [5.41, 5.74) is 2.20. The van der Waals surface area contributed by atoms with Gasteiger partial charge in [-0.25, -0.2) is 4.68 Å². The molecule has 0 saturated carbocycles. The van der Waals surface area contributed by atoms with Gasteiger partial charge in [-0.3, -0.25) is 0 Å². The number of rotatable bonds is 4. The Kier molecular flexibility index (Phi) is 4.46. The summed E-state index contributed by atoms with van der Waals surface area (Å²) in [6.45, 7) is 4.19. The number of nitrogens with two attached hydrogens (primary N) is 1. The predicted octanol–water partition coefficient (Wildman–Crippen LogP) is 3.43. The van der Waals surface area contributed by atoms with E-state index in [0.717, 1.165) is 17.3 Å². The minimum Gasteiger partial charge on any atom is -0.335 e. The van der Waals surface area contributed by atoms with Crippen LogP contribution in [0.2, 0.25) is 0 Å². The summed E-state index contributed by atoms with van der Waals surface area (Å²) in [4.78, 5) is 0. The average Bonchev–Trinajstić information content (AvgIpc) is 2.78. The third-order valence-electron chi connectivity index (χ3n) is 2.93. The zero-order chi connectivity index (χ0) is 15.6. The first-order valence-electron chi connectivity index (χ1n) is 6.28. The Balaban J connectivity index is 2.05. The van der Waals surface area contributed by atoms with Crippen LogP contribution < -0.4 is 5.84 Å². The number of nitrogen functional groups attached to an aromatic ring is 1. The van der Waals surface area contributed by atoms with Crippen LogP contribution in [0.5, 0.6) is 0 Å². The van der Waals surface area contributed by atoms with E-state index in [4.69, 9.17) is 5.84 Å². The molecule has 0 saturated heterocycles. The highest BCUT2D eigenvalue weighted by molar-refractivity contribution is 7.98. The highest BCUT2D eigenvalue weighted by Crippen LogP contribution is 2.29. The molecule has 0 radical (unpaired) electrons. The summed E-state index contributed by atoms with van der Waals surface area (Å²) in [5, 5.41) is 6.59. The van der Waals surface area contributed by atoms with Gasteiger partial charge in [0.1, 0.15) is 0 Å². The number of alkyl halides is 3. The van der Waals surface area contributed by atoms with Gasteiger partial charge in [-0.2, -0.15) is 13.2 Å². The fourth-order valence-corrected chi connectivity index (χ4v) is 2.53. The maximum atomic E-state index is 12.5. The van der Waals surface area contributed by atoms with Crippen molar-refractivity contribution in [3.05, 3.63) is 41.2 Å². The standard InChI is InChI=1S/C13H15F3N4S/c1-8(2)10-5-3-9(4-6-10)7-21-12-19-18-11(20(12)17)13(14,15)16/h3-6,8H,7,17H2,1-2H3. The molecule has 0 bridgehead atoms. The van der Waals surface area contributed by atoms with Crippen LogP contribution in [-0.2, 0) is 11.9 Å². The largest absolute Gasteiger partial charge is 0.453 e. The van der Waals surface area contributed by atoms with Crippen molar-refractivity contribution in [3.8, 4) is 0 Å². The van der Waals surface area contributed by atoms with Crippen LogP contribution in [0.25, 0.3) is 0 Å². The Morgan fingerprint density at radius 2 is 1.81 bits per heavy atom. The molecule has 0 aliphatic heterocycles. The normalized spacial score (nSPS) is 12.1.